The highest BCUT2D eigenvalue weighted by atomic mass is 19.4. The number of halogens is 4. The van der Waals surface area contributed by atoms with Gasteiger partial charge in [0.2, 0.25) is 5.67 Å². The van der Waals surface area contributed by atoms with Gasteiger partial charge in [-0.3, -0.25) is 4.79 Å². The number of benzene rings is 2. The van der Waals surface area contributed by atoms with Crippen molar-refractivity contribution in [1.29, 1.82) is 0 Å². The predicted octanol–water partition coefficient (Wildman–Crippen LogP) is 4.60. The molecule has 1 unspecified atom stereocenters. The minimum absolute atomic E-state index is 0.0121. The largest absolute Gasteiger partial charge is 0.496 e. The number of hydrogen-bond acceptors (Lipinski definition) is 2. The van der Waals surface area contributed by atoms with Crippen molar-refractivity contribution in [2.75, 3.05) is 18.6 Å². The van der Waals surface area contributed by atoms with E-state index in [9.17, 15) is 18.0 Å². The van der Waals surface area contributed by atoms with Gasteiger partial charge in [0.25, 0.3) is 5.91 Å². The van der Waals surface area contributed by atoms with Gasteiger partial charge in [-0.1, -0.05) is 17.7 Å². The number of hydrogen-bond donors (Lipinski definition) is 0. The summed E-state index contributed by atoms with van der Waals surface area (Å²) in [6.07, 6.45) is -4.58. The van der Waals surface area contributed by atoms with Crippen molar-refractivity contribution >= 4 is 11.6 Å². The van der Waals surface area contributed by atoms with Crippen molar-refractivity contribution in [3.8, 4) is 5.75 Å². The van der Waals surface area contributed by atoms with E-state index in [0.29, 0.717) is 5.56 Å². The Morgan fingerprint density at radius 1 is 1.12 bits per heavy atom. The number of alkyl halides is 4. The molecule has 0 aromatic heterocycles. The van der Waals surface area contributed by atoms with E-state index < -0.39 is 23.3 Å². The first-order valence-electron chi connectivity index (χ1n) is 8.02. The van der Waals surface area contributed by atoms with E-state index >= 15 is 4.39 Å². The van der Waals surface area contributed by atoms with Crippen LogP contribution < -0.4 is 9.64 Å². The molecule has 138 valence electrons. The average molecular weight is 367 g/mol. The third kappa shape index (κ3) is 2.53. The summed E-state index contributed by atoms with van der Waals surface area (Å²) < 4.78 is 60.5. The van der Waals surface area contributed by atoms with Crippen molar-refractivity contribution in [3.05, 3.63) is 58.7 Å². The summed E-state index contributed by atoms with van der Waals surface area (Å²) in [5.41, 5.74) is -3.02. The number of likely N-dealkylation sites (N-methyl/N-ethyl adjacent to an activating group) is 1. The van der Waals surface area contributed by atoms with Crippen molar-refractivity contribution in [1.82, 2.24) is 0 Å². The van der Waals surface area contributed by atoms with Crippen LogP contribution in [0.2, 0.25) is 0 Å². The molecule has 0 radical (unpaired) electrons. The molecule has 1 amide bonds. The molecule has 7 heteroatoms. The number of carbonyl (C=O) groups excluding carboxylic acids is 1. The molecule has 1 heterocycles. The maximum absolute atomic E-state index is 16.2. The molecule has 3 nitrogen and oxygen atoms in total. The summed E-state index contributed by atoms with van der Waals surface area (Å²) in [6, 6.07) is 7.38. The number of aryl methyl sites for hydroxylation is 1. The lowest BCUT2D eigenvalue weighted by molar-refractivity contribution is -0.137. The molecule has 0 bridgehead atoms. The molecule has 1 aliphatic heterocycles. The summed E-state index contributed by atoms with van der Waals surface area (Å²) >= 11 is 0. The number of fused-ring (bicyclic) bond motifs is 1. The number of rotatable bonds is 3. The Morgan fingerprint density at radius 3 is 2.38 bits per heavy atom. The highest BCUT2D eigenvalue weighted by Crippen LogP contribution is 2.51. The fraction of sp³-hybridized carbons (Fsp3) is 0.316. The van der Waals surface area contributed by atoms with Gasteiger partial charge < -0.3 is 9.64 Å². The smallest absolute Gasteiger partial charge is 0.416 e. The number of anilines is 1. The lowest BCUT2D eigenvalue weighted by Crippen LogP contribution is -2.38. The topological polar surface area (TPSA) is 29.5 Å². The van der Waals surface area contributed by atoms with Gasteiger partial charge in [0.05, 0.1) is 18.4 Å². The molecule has 2 aromatic rings. The van der Waals surface area contributed by atoms with Crippen LogP contribution in [0.15, 0.2) is 36.4 Å². The quantitative estimate of drug-likeness (QED) is 0.742. The summed E-state index contributed by atoms with van der Waals surface area (Å²) in [7, 11) is 1.35. The van der Waals surface area contributed by atoms with Gasteiger partial charge in [-0.05, 0) is 38.1 Å². The molecule has 2 aromatic carbocycles. The zero-order chi connectivity index (χ0) is 19.3. The second-order valence-corrected chi connectivity index (χ2v) is 6.14. The second-order valence-electron chi connectivity index (χ2n) is 6.14. The summed E-state index contributed by atoms with van der Waals surface area (Å²) in [5, 5.41) is 0. The molecule has 26 heavy (non-hydrogen) atoms. The van der Waals surface area contributed by atoms with Crippen molar-refractivity contribution in [2.45, 2.75) is 25.7 Å². The Kier molecular flexibility index (Phi) is 4.21. The second kappa shape index (κ2) is 6.00. The zero-order valence-corrected chi connectivity index (χ0v) is 14.4. The van der Waals surface area contributed by atoms with Crippen LogP contribution in [0, 0.1) is 6.92 Å². The summed E-state index contributed by atoms with van der Waals surface area (Å²) in [4.78, 5) is 13.9. The van der Waals surface area contributed by atoms with Gasteiger partial charge in [-0.15, -0.1) is 0 Å². The van der Waals surface area contributed by atoms with E-state index in [0.717, 1.165) is 23.1 Å². The Morgan fingerprint density at radius 2 is 1.81 bits per heavy atom. The van der Waals surface area contributed by atoms with Gasteiger partial charge in [-0.25, -0.2) is 4.39 Å². The highest BCUT2D eigenvalue weighted by Gasteiger charge is 2.54. The fourth-order valence-electron chi connectivity index (χ4n) is 3.30. The monoisotopic (exact) mass is 367 g/mol. The molecule has 0 N–H and O–H groups in total. The first-order chi connectivity index (χ1) is 12.1. The number of amides is 1. The van der Waals surface area contributed by atoms with Crippen LogP contribution >= 0.6 is 0 Å². The third-order valence-electron chi connectivity index (χ3n) is 4.57. The normalized spacial score (nSPS) is 19.7. The molecule has 0 saturated carbocycles. The number of carbonyl (C=O) groups is 1. The van der Waals surface area contributed by atoms with Crippen LogP contribution in [0.1, 0.15) is 29.2 Å². The number of nitrogens with zero attached hydrogens (tertiary/aromatic N) is 1. The SMILES string of the molecule is CCN1C(=O)C(F)(c2cc(C)ccc2OC)c2ccc(C(F)(F)F)cc21. The Hall–Kier alpha value is -2.57. The van der Waals surface area contributed by atoms with Crippen LogP contribution in [0.3, 0.4) is 0 Å². The van der Waals surface area contributed by atoms with E-state index in [4.69, 9.17) is 4.74 Å². The van der Waals surface area contributed by atoms with Crippen LogP contribution in [0.5, 0.6) is 5.75 Å². The van der Waals surface area contributed by atoms with Gasteiger partial charge in [-0.2, -0.15) is 13.2 Å². The van der Waals surface area contributed by atoms with Crippen LogP contribution in [0.25, 0.3) is 0 Å². The number of methoxy groups -OCH3 is 1. The maximum Gasteiger partial charge on any atom is 0.416 e. The van der Waals surface area contributed by atoms with Crippen molar-refractivity contribution in [2.24, 2.45) is 0 Å². The standard InChI is InChI=1S/C19H17F4NO2/c1-4-24-15-10-12(19(21,22)23)6-7-13(15)18(20,17(24)25)14-9-11(2)5-8-16(14)26-3/h5-10H,4H2,1-3H3. The number of ether oxygens (including phenoxy) is 1. The minimum Gasteiger partial charge on any atom is -0.496 e. The van der Waals surface area contributed by atoms with Gasteiger partial charge in [0.1, 0.15) is 5.75 Å². The molecule has 1 aliphatic rings. The average Bonchev–Trinajstić information content (AvgIpc) is 2.82. The zero-order valence-electron chi connectivity index (χ0n) is 14.4. The first kappa shape index (κ1) is 18.2. The molecular weight excluding hydrogens is 350 g/mol. The Balaban J connectivity index is 2.29. The van der Waals surface area contributed by atoms with Crippen LogP contribution in [-0.4, -0.2) is 19.6 Å². The molecule has 0 saturated heterocycles. The predicted molar refractivity (Wildman–Crippen MR) is 89.1 cm³/mol. The van der Waals surface area contributed by atoms with E-state index in [-0.39, 0.29) is 29.1 Å². The van der Waals surface area contributed by atoms with Gasteiger partial charge >= 0.3 is 6.18 Å². The van der Waals surface area contributed by atoms with Crippen molar-refractivity contribution in [3.63, 3.8) is 0 Å². The minimum atomic E-state index is -4.58. The fourth-order valence-corrected chi connectivity index (χ4v) is 3.30. The molecule has 0 fully saturated rings. The summed E-state index contributed by atoms with van der Waals surface area (Å²) in [5.74, 6) is -0.756. The third-order valence-corrected chi connectivity index (χ3v) is 4.57. The van der Waals surface area contributed by atoms with Crippen molar-refractivity contribution < 1.29 is 27.1 Å². The molecule has 1 atom stereocenters. The lowest BCUT2D eigenvalue weighted by Gasteiger charge is -2.23. The van der Waals surface area contributed by atoms with Gasteiger partial charge in [0.15, 0.2) is 0 Å². The molecule has 0 spiro atoms. The van der Waals surface area contributed by atoms with E-state index in [2.05, 4.69) is 0 Å². The Bertz CT molecular complexity index is 878. The molecule has 0 aliphatic carbocycles. The highest BCUT2D eigenvalue weighted by molar-refractivity contribution is 6.09. The van der Waals surface area contributed by atoms with E-state index in [1.807, 2.05) is 0 Å². The van der Waals surface area contributed by atoms with E-state index in [1.54, 1.807) is 19.9 Å². The maximum atomic E-state index is 16.2. The molecular formula is C19H17F4NO2. The Labute approximate surface area is 148 Å². The van der Waals surface area contributed by atoms with Gasteiger partial charge in [0, 0.05) is 17.7 Å². The van der Waals surface area contributed by atoms with E-state index in [1.165, 1.54) is 19.2 Å². The first-order valence-corrected chi connectivity index (χ1v) is 8.02. The summed E-state index contributed by atoms with van der Waals surface area (Å²) in [6.45, 7) is 3.37. The molecule has 3 rings (SSSR count). The van der Waals surface area contributed by atoms with Crippen LogP contribution in [0.4, 0.5) is 23.2 Å². The lowest BCUT2D eigenvalue weighted by atomic mass is 9.87. The van der Waals surface area contributed by atoms with Crippen LogP contribution in [-0.2, 0) is 16.6 Å².